The van der Waals surface area contributed by atoms with Crippen LogP contribution < -0.4 is 16.6 Å². The van der Waals surface area contributed by atoms with Crippen molar-refractivity contribution in [1.82, 2.24) is 4.98 Å². The summed E-state index contributed by atoms with van der Waals surface area (Å²) in [7, 11) is 0. The van der Waals surface area contributed by atoms with Gasteiger partial charge in [0.25, 0.3) is 0 Å². The van der Waals surface area contributed by atoms with Crippen LogP contribution in [0.4, 0.5) is 5.82 Å². The number of rotatable bonds is 5. The van der Waals surface area contributed by atoms with Gasteiger partial charge < -0.3 is 5.73 Å². The number of nitrogens with zero attached hydrogens (tertiary/aromatic N) is 2. The Morgan fingerprint density at radius 3 is 2.58 bits per heavy atom. The van der Waals surface area contributed by atoms with Crippen LogP contribution >= 0.6 is 11.8 Å². The lowest BCUT2D eigenvalue weighted by molar-refractivity contribution is 1.01. The average molecular weight is 272 g/mol. The number of hydrogen-bond acceptors (Lipinski definition) is 5. The summed E-state index contributed by atoms with van der Waals surface area (Å²) in [6.45, 7) is 0. The number of nitrogens with two attached hydrogens (primary N) is 2. The SMILES string of the molecule is N/C=C\N(N)c1ccc(SCc2ccccc2)cn1. The third-order valence-electron chi connectivity index (χ3n) is 2.48. The molecule has 0 unspecified atom stereocenters. The summed E-state index contributed by atoms with van der Waals surface area (Å²) in [5.74, 6) is 7.30. The van der Waals surface area contributed by atoms with E-state index < -0.39 is 0 Å². The maximum atomic E-state index is 5.72. The van der Waals surface area contributed by atoms with Crippen LogP contribution in [0.15, 0.2) is 66.0 Å². The van der Waals surface area contributed by atoms with Crippen LogP contribution in [0.1, 0.15) is 5.56 Å². The zero-order chi connectivity index (χ0) is 13.5. The molecule has 0 bridgehead atoms. The third kappa shape index (κ3) is 4.01. The maximum Gasteiger partial charge on any atom is 0.146 e. The van der Waals surface area contributed by atoms with Crippen LogP contribution in [0.3, 0.4) is 0 Å². The molecule has 5 heteroatoms. The second-order valence-corrected chi connectivity index (χ2v) is 4.92. The van der Waals surface area contributed by atoms with Crippen LogP contribution in [0.25, 0.3) is 0 Å². The number of hydrogen-bond donors (Lipinski definition) is 2. The molecule has 0 fully saturated rings. The number of benzene rings is 1. The van der Waals surface area contributed by atoms with Gasteiger partial charge in [-0.25, -0.2) is 10.8 Å². The second kappa shape index (κ2) is 6.82. The zero-order valence-corrected chi connectivity index (χ0v) is 11.3. The smallest absolute Gasteiger partial charge is 0.146 e. The van der Waals surface area contributed by atoms with Gasteiger partial charge in [-0.1, -0.05) is 30.3 Å². The molecule has 0 aliphatic heterocycles. The van der Waals surface area contributed by atoms with Crippen LogP contribution in [0, 0.1) is 0 Å². The van der Waals surface area contributed by atoms with Crippen molar-refractivity contribution >= 4 is 17.6 Å². The Balaban J connectivity index is 1.95. The van der Waals surface area contributed by atoms with Crippen molar-refractivity contribution in [2.24, 2.45) is 11.6 Å². The first kappa shape index (κ1) is 13.5. The molecule has 1 heterocycles. The molecule has 0 saturated heterocycles. The van der Waals surface area contributed by atoms with Crippen LogP contribution in [-0.4, -0.2) is 4.98 Å². The Labute approximate surface area is 117 Å². The van der Waals surface area contributed by atoms with E-state index >= 15 is 0 Å². The first-order chi connectivity index (χ1) is 9.29. The number of hydrazine groups is 1. The quantitative estimate of drug-likeness (QED) is 0.497. The number of thioether (sulfide) groups is 1. The lowest BCUT2D eigenvalue weighted by Crippen LogP contribution is -2.25. The maximum absolute atomic E-state index is 5.72. The Bertz CT molecular complexity index is 525. The fraction of sp³-hybridized carbons (Fsp3) is 0.0714. The fourth-order valence-electron chi connectivity index (χ4n) is 1.52. The van der Waals surface area contributed by atoms with Crippen molar-refractivity contribution < 1.29 is 0 Å². The standard InChI is InChI=1S/C14H16N4S/c15-8-9-18(16)14-7-6-13(10-17-14)19-11-12-4-2-1-3-5-12/h1-10H,11,15-16H2/b9-8-. The van der Waals surface area contributed by atoms with E-state index in [-0.39, 0.29) is 0 Å². The van der Waals surface area contributed by atoms with Crippen LogP contribution in [-0.2, 0) is 5.75 Å². The highest BCUT2D eigenvalue weighted by Crippen LogP contribution is 2.23. The molecule has 0 aliphatic rings. The van der Waals surface area contributed by atoms with Crippen LogP contribution in [0.2, 0.25) is 0 Å². The molecule has 1 aromatic carbocycles. The first-order valence-electron chi connectivity index (χ1n) is 5.84. The topological polar surface area (TPSA) is 68.2 Å². The highest BCUT2D eigenvalue weighted by atomic mass is 32.2. The molecule has 0 radical (unpaired) electrons. The molecular formula is C14H16N4S. The molecule has 4 nitrogen and oxygen atoms in total. The predicted octanol–water partition coefficient (Wildman–Crippen LogP) is 2.48. The molecular weight excluding hydrogens is 256 g/mol. The lowest BCUT2D eigenvalue weighted by atomic mass is 10.2. The van der Waals surface area contributed by atoms with Gasteiger partial charge in [0.15, 0.2) is 0 Å². The first-order valence-corrected chi connectivity index (χ1v) is 6.83. The Kier molecular flexibility index (Phi) is 4.83. The number of aromatic nitrogens is 1. The molecule has 0 spiro atoms. The van der Waals surface area contributed by atoms with Gasteiger partial charge in [0, 0.05) is 29.2 Å². The largest absolute Gasteiger partial charge is 0.403 e. The molecule has 2 rings (SSSR count). The molecule has 2 aromatic rings. The molecule has 19 heavy (non-hydrogen) atoms. The molecule has 4 N–H and O–H groups in total. The summed E-state index contributed by atoms with van der Waals surface area (Å²) >= 11 is 1.74. The minimum atomic E-state index is 0.658. The summed E-state index contributed by atoms with van der Waals surface area (Å²) in [6, 6.07) is 14.2. The van der Waals surface area contributed by atoms with E-state index in [1.54, 1.807) is 18.0 Å². The van der Waals surface area contributed by atoms with Gasteiger partial charge in [0.05, 0.1) is 0 Å². The van der Waals surface area contributed by atoms with Gasteiger partial charge in [-0.05, 0) is 17.7 Å². The van der Waals surface area contributed by atoms with Gasteiger partial charge in [-0.3, -0.25) is 5.01 Å². The summed E-state index contributed by atoms with van der Waals surface area (Å²) in [5, 5.41) is 1.38. The normalized spacial score (nSPS) is 10.8. The highest BCUT2D eigenvalue weighted by Gasteiger charge is 2.00. The fourth-order valence-corrected chi connectivity index (χ4v) is 2.34. The molecule has 0 atom stereocenters. The van der Waals surface area contributed by atoms with Crippen molar-refractivity contribution in [3.05, 3.63) is 66.6 Å². The van der Waals surface area contributed by atoms with Crippen molar-refractivity contribution in [3.8, 4) is 0 Å². The van der Waals surface area contributed by atoms with Crippen molar-refractivity contribution in [2.45, 2.75) is 10.6 Å². The Morgan fingerprint density at radius 1 is 1.16 bits per heavy atom. The van der Waals surface area contributed by atoms with Gasteiger partial charge in [0.2, 0.25) is 0 Å². The molecule has 98 valence electrons. The van der Waals surface area contributed by atoms with Gasteiger partial charge in [0.1, 0.15) is 5.82 Å². The second-order valence-electron chi connectivity index (χ2n) is 3.88. The van der Waals surface area contributed by atoms with Crippen molar-refractivity contribution in [2.75, 3.05) is 5.01 Å². The highest BCUT2D eigenvalue weighted by molar-refractivity contribution is 7.98. The molecule has 0 amide bonds. The van der Waals surface area contributed by atoms with E-state index in [1.807, 2.05) is 36.5 Å². The molecule has 0 aliphatic carbocycles. The number of pyridine rings is 1. The Hall–Kier alpha value is -1.98. The Morgan fingerprint density at radius 2 is 1.95 bits per heavy atom. The van der Waals surface area contributed by atoms with E-state index in [4.69, 9.17) is 11.6 Å². The summed E-state index contributed by atoms with van der Waals surface area (Å²) in [6.07, 6.45) is 4.74. The van der Waals surface area contributed by atoms with E-state index in [0.717, 1.165) is 10.6 Å². The minimum absolute atomic E-state index is 0.658. The predicted molar refractivity (Wildman–Crippen MR) is 80.2 cm³/mol. The summed E-state index contributed by atoms with van der Waals surface area (Å²) < 4.78 is 0. The van der Waals surface area contributed by atoms with Gasteiger partial charge in [-0.15, -0.1) is 11.8 Å². The molecule has 0 saturated carbocycles. The third-order valence-corrected chi connectivity index (χ3v) is 3.53. The van der Waals surface area contributed by atoms with E-state index in [1.165, 1.54) is 16.8 Å². The molecule has 1 aromatic heterocycles. The van der Waals surface area contributed by atoms with Crippen molar-refractivity contribution in [3.63, 3.8) is 0 Å². The van der Waals surface area contributed by atoms with Crippen LogP contribution in [0.5, 0.6) is 0 Å². The summed E-state index contributed by atoms with van der Waals surface area (Å²) in [4.78, 5) is 5.39. The van der Waals surface area contributed by atoms with E-state index in [9.17, 15) is 0 Å². The van der Waals surface area contributed by atoms with Crippen molar-refractivity contribution in [1.29, 1.82) is 0 Å². The van der Waals surface area contributed by atoms with E-state index in [2.05, 4.69) is 17.1 Å². The summed E-state index contributed by atoms with van der Waals surface area (Å²) in [5.41, 5.74) is 6.57. The van der Waals surface area contributed by atoms with E-state index in [0.29, 0.717) is 5.82 Å². The lowest BCUT2D eigenvalue weighted by Gasteiger charge is -2.11. The van der Waals surface area contributed by atoms with Gasteiger partial charge in [-0.2, -0.15) is 0 Å². The number of anilines is 1. The monoisotopic (exact) mass is 272 g/mol. The minimum Gasteiger partial charge on any atom is -0.403 e. The zero-order valence-electron chi connectivity index (χ0n) is 10.4. The van der Waals surface area contributed by atoms with Gasteiger partial charge >= 0.3 is 0 Å². The average Bonchev–Trinajstić information content (AvgIpc) is 2.47.